The Morgan fingerprint density at radius 3 is 1.47 bits per heavy atom. The van der Waals surface area contributed by atoms with Crippen LogP contribution in [0.4, 0.5) is 0 Å². The van der Waals surface area contributed by atoms with E-state index >= 15 is 0 Å². The van der Waals surface area contributed by atoms with E-state index in [0.717, 1.165) is 0 Å². The first-order valence-electron chi connectivity index (χ1n) is 9.04. The van der Waals surface area contributed by atoms with Gasteiger partial charge in [0.05, 0.1) is 0 Å². The van der Waals surface area contributed by atoms with E-state index < -0.39 is 0 Å². The lowest BCUT2D eigenvalue weighted by Crippen LogP contribution is -2.25. The van der Waals surface area contributed by atoms with E-state index in [0.29, 0.717) is 6.04 Å². The van der Waals surface area contributed by atoms with E-state index in [4.69, 9.17) is 0 Å². The number of hydrogen-bond donors (Lipinski definition) is 1. The Balaban J connectivity index is 2.95. The predicted octanol–water partition coefficient (Wildman–Crippen LogP) is 6.08. The minimum absolute atomic E-state index is 0.702. The summed E-state index contributed by atoms with van der Waals surface area (Å²) in [5, 5.41) is 3.57. The first-order chi connectivity index (χ1) is 9.31. The molecule has 0 radical (unpaired) electrons. The van der Waals surface area contributed by atoms with Crippen LogP contribution in [0.25, 0.3) is 0 Å². The fraction of sp³-hybridized carbons (Fsp3) is 1.00. The molecule has 0 saturated heterocycles. The van der Waals surface area contributed by atoms with E-state index in [-0.39, 0.29) is 0 Å². The van der Waals surface area contributed by atoms with Crippen LogP contribution in [0.2, 0.25) is 0 Å². The third kappa shape index (κ3) is 15.9. The zero-order chi connectivity index (χ0) is 14.2. The van der Waals surface area contributed by atoms with Crippen molar-refractivity contribution in [1.82, 2.24) is 5.32 Å². The molecule has 0 amide bonds. The molecule has 1 N–H and O–H groups in total. The van der Waals surface area contributed by atoms with Crippen molar-refractivity contribution in [2.75, 3.05) is 6.54 Å². The highest BCUT2D eigenvalue weighted by atomic mass is 14.9. The molecule has 0 aromatic rings. The lowest BCUT2D eigenvalue weighted by molar-refractivity contribution is 0.499. The Labute approximate surface area is 122 Å². The second-order valence-electron chi connectivity index (χ2n) is 6.15. The maximum atomic E-state index is 3.57. The second kappa shape index (κ2) is 16.0. The molecule has 0 aliphatic heterocycles. The summed E-state index contributed by atoms with van der Waals surface area (Å²) in [6.07, 6.45) is 18.5. The second-order valence-corrected chi connectivity index (χ2v) is 6.15. The van der Waals surface area contributed by atoms with Crippen LogP contribution in [-0.2, 0) is 0 Å². The molecule has 1 heteroatoms. The molecule has 0 aliphatic rings. The Morgan fingerprint density at radius 2 is 1.05 bits per heavy atom. The molecule has 0 spiro atoms. The first-order valence-corrected chi connectivity index (χ1v) is 9.04. The van der Waals surface area contributed by atoms with Crippen molar-refractivity contribution in [3.63, 3.8) is 0 Å². The third-order valence-electron chi connectivity index (χ3n) is 4.14. The molecule has 0 aromatic carbocycles. The Kier molecular flexibility index (Phi) is 16.0. The van der Waals surface area contributed by atoms with Crippen LogP contribution in [0.5, 0.6) is 0 Å². The van der Waals surface area contributed by atoms with Crippen molar-refractivity contribution in [3.8, 4) is 0 Å². The molecule has 1 atom stereocenters. The number of hydrogen-bond acceptors (Lipinski definition) is 1. The summed E-state index contributed by atoms with van der Waals surface area (Å²) in [6.45, 7) is 8.03. The van der Waals surface area contributed by atoms with Crippen molar-refractivity contribution >= 4 is 0 Å². The summed E-state index contributed by atoms with van der Waals surface area (Å²) < 4.78 is 0. The fourth-order valence-electron chi connectivity index (χ4n) is 2.46. The summed E-state index contributed by atoms with van der Waals surface area (Å²) in [6, 6.07) is 0.702. The molecule has 0 fully saturated rings. The van der Waals surface area contributed by atoms with Gasteiger partial charge < -0.3 is 5.32 Å². The molecule has 116 valence electrons. The number of rotatable bonds is 15. The molecular weight excluding hydrogens is 230 g/mol. The highest BCUT2D eigenvalue weighted by Gasteiger charge is 1.96. The molecule has 0 bridgehead atoms. The molecule has 19 heavy (non-hydrogen) atoms. The zero-order valence-corrected chi connectivity index (χ0v) is 14.0. The minimum Gasteiger partial charge on any atom is -0.314 e. The van der Waals surface area contributed by atoms with E-state index in [1.807, 2.05) is 0 Å². The van der Waals surface area contributed by atoms with Gasteiger partial charge >= 0.3 is 0 Å². The topological polar surface area (TPSA) is 12.0 Å². The third-order valence-corrected chi connectivity index (χ3v) is 4.14. The molecule has 0 rings (SSSR count). The van der Waals surface area contributed by atoms with Crippen LogP contribution >= 0.6 is 0 Å². The Morgan fingerprint density at radius 1 is 0.632 bits per heavy atom. The molecule has 1 unspecified atom stereocenters. The van der Waals surface area contributed by atoms with Crippen molar-refractivity contribution in [2.24, 2.45) is 0 Å². The van der Waals surface area contributed by atoms with Gasteiger partial charge in [0.1, 0.15) is 0 Å². The SMILES string of the molecule is CCCCCCCCCCCCCCNC(C)CC. The van der Waals surface area contributed by atoms with Crippen LogP contribution in [0, 0.1) is 0 Å². The van der Waals surface area contributed by atoms with E-state index in [2.05, 4.69) is 26.1 Å². The molecule has 0 saturated carbocycles. The van der Waals surface area contributed by atoms with Gasteiger partial charge in [-0.3, -0.25) is 0 Å². The highest BCUT2D eigenvalue weighted by Crippen LogP contribution is 2.11. The quantitative estimate of drug-likeness (QED) is 0.355. The van der Waals surface area contributed by atoms with E-state index in [1.54, 1.807) is 0 Å². The van der Waals surface area contributed by atoms with E-state index in [9.17, 15) is 0 Å². The summed E-state index contributed by atoms with van der Waals surface area (Å²) in [5.41, 5.74) is 0. The predicted molar refractivity (Wildman–Crippen MR) is 88.8 cm³/mol. The van der Waals surface area contributed by atoms with Gasteiger partial charge in [0, 0.05) is 6.04 Å². The van der Waals surface area contributed by atoms with Gasteiger partial charge in [-0.15, -0.1) is 0 Å². The van der Waals surface area contributed by atoms with Crippen molar-refractivity contribution in [3.05, 3.63) is 0 Å². The standard InChI is InChI=1S/C18H39N/c1-4-6-7-8-9-10-11-12-13-14-15-16-17-19-18(3)5-2/h18-19H,4-17H2,1-3H3. The molecule has 0 aromatic heterocycles. The van der Waals surface area contributed by atoms with Gasteiger partial charge in [-0.05, 0) is 26.3 Å². The fourth-order valence-corrected chi connectivity index (χ4v) is 2.46. The smallest absolute Gasteiger partial charge is 0.00360 e. The van der Waals surface area contributed by atoms with Gasteiger partial charge in [-0.2, -0.15) is 0 Å². The van der Waals surface area contributed by atoms with Gasteiger partial charge in [-0.25, -0.2) is 0 Å². The van der Waals surface area contributed by atoms with Crippen LogP contribution in [0.15, 0.2) is 0 Å². The van der Waals surface area contributed by atoms with Crippen LogP contribution in [0.3, 0.4) is 0 Å². The van der Waals surface area contributed by atoms with Gasteiger partial charge in [0.2, 0.25) is 0 Å². The highest BCUT2D eigenvalue weighted by molar-refractivity contribution is 4.57. The number of nitrogens with one attached hydrogen (secondary N) is 1. The normalized spacial score (nSPS) is 12.8. The molecule has 0 aliphatic carbocycles. The Bertz CT molecular complexity index is 156. The van der Waals surface area contributed by atoms with Gasteiger partial charge in [0.15, 0.2) is 0 Å². The lowest BCUT2D eigenvalue weighted by atomic mass is 10.1. The molecular formula is C18H39N. The first kappa shape index (κ1) is 19.0. The van der Waals surface area contributed by atoms with Crippen LogP contribution < -0.4 is 5.32 Å². The minimum atomic E-state index is 0.702. The molecule has 1 nitrogen and oxygen atoms in total. The summed E-state index contributed by atoms with van der Waals surface area (Å²) in [4.78, 5) is 0. The van der Waals surface area contributed by atoms with Crippen molar-refractivity contribution < 1.29 is 0 Å². The average Bonchev–Trinajstić information content (AvgIpc) is 2.43. The molecule has 0 heterocycles. The van der Waals surface area contributed by atoms with Crippen molar-refractivity contribution in [2.45, 2.75) is 110 Å². The largest absolute Gasteiger partial charge is 0.314 e. The lowest BCUT2D eigenvalue weighted by Gasteiger charge is -2.10. The monoisotopic (exact) mass is 269 g/mol. The maximum absolute atomic E-state index is 3.57. The Hall–Kier alpha value is -0.0400. The van der Waals surface area contributed by atoms with Crippen molar-refractivity contribution in [1.29, 1.82) is 0 Å². The van der Waals surface area contributed by atoms with E-state index in [1.165, 1.54) is 90.0 Å². The van der Waals surface area contributed by atoms with Crippen LogP contribution in [0.1, 0.15) is 104 Å². The summed E-state index contributed by atoms with van der Waals surface area (Å²) in [5.74, 6) is 0. The zero-order valence-electron chi connectivity index (χ0n) is 14.0. The van der Waals surface area contributed by atoms with Gasteiger partial charge in [0.25, 0.3) is 0 Å². The van der Waals surface area contributed by atoms with Crippen LogP contribution in [-0.4, -0.2) is 12.6 Å². The summed E-state index contributed by atoms with van der Waals surface area (Å²) >= 11 is 0. The van der Waals surface area contributed by atoms with Gasteiger partial charge in [-0.1, -0.05) is 84.5 Å². The number of unbranched alkanes of at least 4 members (excludes halogenated alkanes) is 11. The average molecular weight is 270 g/mol. The maximum Gasteiger partial charge on any atom is 0.00360 e. The summed E-state index contributed by atoms with van der Waals surface area (Å²) in [7, 11) is 0.